The highest BCUT2D eigenvalue weighted by molar-refractivity contribution is 7.88. The van der Waals surface area contributed by atoms with Gasteiger partial charge in [-0.3, -0.25) is 4.79 Å². The molecule has 3 saturated heterocycles. The first kappa shape index (κ1) is 32.0. The molecular weight excluding hydrogens is 562 g/mol. The number of nitrogens with zero attached hydrogens (tertiary/aromatic N) is 5. The van der Waals surface area contributed by atoms with E-state index in [9.17, 15) is 13.2 Å². The molecule has 0 unspecified atom stereocenters. The van der Waals surface area contributed by atoms with E-state index in [1.165, 1.54) is 21.7 Å². The maximum absolute atomic E-state index is 13.7. The number of benzene rings is 1. The van der Waals surface area contributed by atoms with Crippen molar-refractivity contribution in [3.63, 3.8) is 0 Å². The average Bonchev–Trinajstić information content (AvgIpc) is 3.01. The monoisotopic (exact) mass is 611 g/mol. The highest BCUT2D eigenvalue weighted by Crippen LogP contribution is 2.33. The van der Waals surface area contributed by atoms with Crippen molar-refractivity contribution in [3.8, 4) is 0 Å². The normalized spacial score (nSPS) is 23.2. The number of sulfonamides is 1. The molecule has 3 aliphatic rings. The Hall–Kier alpha value is -2.40. The van der Waals surface area contributed by atoms with Gasteiger partial charge in [0, 0.05) is 43.5 Å². The second kappa shape index (κ2) is 13.7. The van der Waals surface area contributed by atoms with Crippen LogP contribution in [-0.2, 0) is 21.2 Å². The predicted octanol–water partition coefficient (Wildman–Crippen LogP) is 4.61. The second-order valence-electron chi connectivity index (χ2n) is 12.9. The maximum Gasteiger partial charge on any atom is 0.272 e. The number of amides is 1. The van der Waals surface area contributed by atoms with Crippen molar-refractivity contribution >= 4 is 15.9 Å². The lowest BCUT2D eigenvalue weighted by molar-refractivity contribution is -0.0547. The number of carbonyl (C=O) groups excluding carboxylic acids is 1. The minimum atomic E-state index is -3.17. The van der Waals surface area contributed by atoms with Crippen molar-refractivity contribution < 1.29 is 17.9 Å². The van der Waals surface area contributed by atoms with Crippen LogP contribution >= 0.6 is 0 Å². The molecule has 2 atom stereocenters. The molecule has 0 N–H and O–H groups in total. The molecule has 2 aromatic rings. The van der Waals surface area contributed by atoms with E-state index in [2.05, 4.69) is 41.1 Å². The maximum atomic E-state index is 13.7. The van der Waals surface area contributed by atoms with Crippen LogP contribution in [0.2, 0.25) is 0 Å². The van der Waals surface area contributed by atoms with Crippen LogP contribution in [-0.4, -0.2) is 96.1 Å². The minimum Gasteiger partial charge on any atom is -0.370 e. The van der Waals surface area contributed by atoms with Crippen LogP contribution in [0.4, 0.5) is 0 Å². The van der Waals surface area contributed by atoms with E-state index in [0.29, 0.717) is 30.6 Å². The minimum absolute atomic E-state index is 0.00420. The fourth-order valence-electron chi connectivity index (χ4n) is 7.04. The van der Waals surface area contributed by atoms with E-state index in [-0.39, 0.29) is 24.2 Å². The third-order valence-electron chi connectivity index (χ3n) is 9.87. The predicted molar refractivity (Wildman–Crippen MR) is 169 cm³/mol. The molecule has 3 fully saturated rings. The van der Waals surface area contributed by atoms with E-state index in [1.807, 2.05) is 18.7 Å². The lowest BCUT2D eigenvalue weighted by Crippen LogP contribution is -2.52. The van der Waals surface area contributed by atoms with Crippen LogP contribution in [0.3, 0.4) is 0 Å². The Labute approximate surface area is 258 Å². The Kier molecular flexibility index (Phi) is 10.2. The smallest absolute Gasteiger partial charge is 0.272 e. The molecule has 5 rings (SSSR count). The molecule has 43 heavy (non-hydrogen) atoms. The summed E-state index contributed by atoms with van der Waals surface area (Å²) in [6.45, 7) is 9.18. The van der Waals surface area contributed by atoms with E-state index < -0.39 is 10.0 Å². The van der Waals surface area contributed by atoms with E-state index in [1.54, 1.807) is 7.05 Å². The fourth-order valence-corrected chi connectivity index (χ4v) is 7.80. The lowest BCUT2D eigenvalue weighted by atomic mass is 9.95. The zero-order valence-electron chi connectivity index (χ0n) is 26.6. The van der Waals surface area contributed by atoms with Crippen LogP contribution in [0.5, 0.6) is 0 Å². The first-order valence-corrected chi connectivity index (χ1v) is 17.9. The summed E-state index contributed by atoms with van der Waals surface area (Å²) in [6, 6.07) is 9.18. The van der Waals surface area contributed by atoms with Crippen LogP contribution in [0, 0.1) is 20.8 Å². The summed E-state index contributed by atoms with van der Waals surface area (Å²) in [5, 5.41) is 0. The van der Waals surface area contributed by atoms with Gasteiger partial charge in [-0.2, -0.15) is 0 Å². The lowest BCUT2D eigenvalue weighted by Gasteiger charge is -2.43. The number of likely N-dealkylation sites (tertiary alicyclic amines) is 2. The van der Waals surface area contributed by atoms with Gasteiger partial charge >= 0.3 is 0 Å². The van der Waals surface area contributed by atoms with Gasteiger partial charge in [0.15, 0.2) is 0 Å². The van der Waals surface area contributed by atoms with Gasteiger partial charge in [-0.05, 0) is 97.2 Å². The van der Waals surface area contributed by atoms with Crippen LogP contribution in [0.1, 0.15) is 96.2 Å². The van der Waals surface area contributed by atoms with Crippen molar-refractivity contribution in [2.24, 2.45) is 0 Å². The summed E-state index contributed by atoms with van der Waals surface area (Å²) in [5.41, 5.74) is 4.89. The van der Waals surface area contributed by atoms with E-state index in [0.717, 1.165) is 82.1 Å². The molecule has 0 radical (unpaired) electrons. The zero-order chi connectivity index (χ0) is 30.7. The molecule has 3 aliphatic heterocycles. The van der Waals surface area contributed by atoms with Crippen molar-refractivity contribution in [1.29, 1.82) is 0 Å². The Morgan fingerprint density at radius 3 is 2.28 bits per heavy atom. The first-order valence-electron chi connectivity index (χ1n) is 16.0. The highest BCUT2D eigenvalue weighted by Gasteiger charge is 2.33. The topological polar surface area (TPSA) is 95.9 Å². The van der Waals surface area contributed by atoms with Gasteiger partial charge in [-0.15, -0.1) is 0 Å². The molecule has 4 heterocycles. The number of carbonyl (C=O) groups is 1. The fraction of sp³-hybridized carbons (Fsp3) is 0.667. The van der Waals surface area contributed by atoms with Crippen LogP contribution < -0.4 is 0 Å². The number of hydrogen-bond donors (Lipinski definition) is 0. The first-order chi connectivity index (χ1) is 20.5. The quantitative estimate of drug-likeness (QED) is 0.430. The van der Waals surface area contributed by atoms with Gasteiger partial charge < -0.3 is 14.5 Å². The van der Waals surface area contributed by atoms with Crippen molar-refractivity contribution in [1.82, 2.24) is 24.1 Å². The molecule has 1 amide bonds. The van der Waals surface area contributed by atoms with Gasteiger partial charge in [0.1, 0.15) is 11.5 Å². The molecule has 236 valence electrons. The third-order valence-corrected chi connectivity index (χ3v) is 11.2. The summed E-state index contributed by atoms with van der Waals surface area (Å²) in [5.74, 6) is 0.646. The number of aryl methyl sites for hydroxylation is 3. The molecule has 1 aromatic carbocycles. The van der Waals surface area contributed by atoms with Gasteiger partial charge in [0.05, 0.1) is 18.5 Å². The molecule has 0 aliphatic carbocycles. The molecule has 0 spiro atoms. The largest absolute Gasteiger partial charge is 0.370 e. The Bertz CT molecular complexity index is 1370. The van der Waals surface area contributed by atoms with Crippen molar-refractivity contribution in [3.05, 3.63) is 58.2 Å². The second-order valence-corrected chi connectivity index (χ2v) is 14.9. The highest BCUT2D eigenvalue weighted by atomic mass is 32.2. The summed E-state index contributed by atoms with van der Waals surface area (Å²) >= 11 is 0. The van der Waals surface area contributed by atoms with Gasteiger partial charge in [-0.25, -0.2) is 22.7 Å². The standard InChI is InChI=1S/C33H49N5O4S/c1-23-9-11-26(12-10-23)31-8-6-7-29(42-31)13-14-30-24(2)32(35-25(3)34-30)33(39)38-21-17-28(18-22-38)37-19-15-27(16-20-37)36(4)43(5,40)41/h9-12,27-29,31H,6-8,13-22H2,1-5H3/t29-,31+/m1/s1. The zero-order valence-corrected chi connectivity index (χ0v) is 27.4. The molecule has 0 saturated carbocycles. The Morgan fingerprint density at radius 1 is 0.953 bits per heavy atom. The molecular formula is C33H49N5O4S. The number of hydrogen-bond acceptors (Lipinski definition) is 7. The summed E-state index contributed by atoms with van der Waals surface area (Å²) < 4.78 is 31.9. The molecule has 10 heteroatoms. The van der Waals surface area contributed by atoms with E-state index in [4.69, 9.17) is 9.72 Å². The van der Waals surface area contributed by atoms with Crippen molar-refractivity contribution in [2.75, 3.05) is 39.5 Å². The third kappa shape index (κ3) is 7.82. The summed E-state index contributed by atoms with van der Waals surface area (Å²) in [7, 11) is -1.48. The number of rotatable bonds is 8. The molecule has 1 aromatic heterocycles. The molecule has 9 nitrogen and oxygen atoms in total. The van der Waals surface area contributed by atoms with Crippen LogP contribution in [0.25, 0.3) is 0 Å². The Morgan fingerprint density at radius 2 is 1.63 bits per heavy atom. The number of aromatic nitrogens is 2. The van der Waals surface area contributed by atoms with Gasteiger partial charge in [0.2, 0.25) is 10.0 Å². The summed E-state index contributed by atoms with van der Waals surface area (Å²) in [6.07, 6.45) is 10.1. The van der Waals surface area contributed by atoms with Gasteiger partial charge in [-0.1, -0.05) is 29.8 Å². The SMILES string of the molecule is Cc1ccc([C@@H]2CCC[C@H](CCc3nc(C)nc(C(=O)N4CCC(N5CCC(N(C)S(C)(=O)=O)CC5)CC4)c3C)O2)cc1. The molecule has 0 bridgehead atoms. The van der Waals surface area contributed by atoms with Gasteiger partial charge in [0.25, 0.3) is 5.91 Å². The number of ether oxygens (including phenoxy) is 1. The van der Waals surface area contributed by atoms with Crippen LogP contribution in [0.15, 0.2) is 24.3 Å². The average molecular weight is 612 g/mol. The van der Waals surface area contributed by atoms with Crippen molar-refractivity contribution in [2.45, 2.75) is 103 Å². The Balaban J connectivity index is 1.14. The van der Waals surface area contributed by atoms with E-state index >= 15 is 0 Å². The summed E-state index contributed by atoms with van der Waals surface area (Å²) in [4.78, 5) is 27.5. The number of piperidine rings is 2.